The van der Waals surface area contributed by atoms with Crippen molar-refractivity contribution >= 4 is 5.91 Å². The zero-order valence-corrected chi connectivity index (χ0v) is 11.2. The van der Waals surface area contributed by atoms with Crippen molar-refractivity contribution in [2.45, 2.75) is 40.2 Å². The van der Waals surface area contributed by atoms with Crippen LogP contribution in [0.2, 0.25) is 0 Å². The van der Waals surface area contributed by atoms with Crippen LogP contribution in [0.25, 0.3) is 0 Å². The molecule has 2 nitrogen and oxygen atoms in total. The second-order valence-corrected chi connectivity index (χ2v) is 4.96. The first-order valence-corrected chi connectivity index (χ1v) is 6.42. The molecule has 1 aromatic carbocycles. The zero-order valence-electron chi connectivity index (χ0n) is 11.2. The Balaban J connectivity index is 2.66. The van der Waals surface area contributed by atoms with E-state index in [1.165, 1.54) is 0 Å². The molecular formula is C15H23NO. The lowest BCUT2D eigenvalue weighted by molar-refractivity contribution is 0.0914. The molecule has 0 bridgehead atoms. The minimum absolute atomic E-state index is 0.0324. The summed E-state index contributed by atoms with van der Waals surface area (Å²) in [6.45, 7) is 8.71. The summed E-state index contributed by atoms with van der Waals surface area (Å²) in [5.41, 5.74) is 0.738. The van der Waals surface area contributed by atoms with E-state index in [0.717, 1.165) is 12.0 Å². The Labute approximate surface area is 104 Å². The van der Waals surface area contributed by atoms with Crippen molar-refractivity contribution in [3.8, 4) is 0 Å². The van der Waals surface area contributed by atoms with E-state index in [4.69, 9.17) is 0 Å². The van der Waals surface area contributed by atoms with Crippen LogP contribution in [0.15, 0.2) is 30.3 Å². The van der Waals surface area contributed by atoms with Gasteiger partial charge in [0.05, 0.1) is 0 Å². The van der Waals surface area contributed by atoms with E-state index in [2.05, 4.69) is 33.0 Å². The van der Waals surface area contributed by atoms with Crippen LogP contribution in [-0.2, 0) is 0 Å². The third kappa shape index (κ3) is 3.88. The van der Waals surface area contributed by atoms with Crippen molar-refractivity contribution in [2.24, 2.45) is 11.8 Å². The summed E-state index contributed by atoms with van der Waals surface area (Å²) in [6, 6.07) is 9.65. The summed E-state index contributed by atoms with van der Waals surface area (Å²) in [5.74, 6) is 1.11. The van der Waals surface area contributed by atoms with E-state index < -0.39 is 0 Å². The third-order valence-corrected chi connectivity index (χ3v) is 3.48. The lowest BCUT2D eigenvalue weighted by Gasteiger charge is -2.27. The average Bonchev–Trinajstić information content (AvgIpc) is 2.35. The molecule has 0 aliphatic heterocycles. The molecule has 94 valence electrons. The fourth-order valence-corrected chi connectivity index (χ4v) is 1.91. The van der Waals surface area contributed by atoms with Gasteiger partial charge in [-0.25, -0.2) is 0 Å². The van der Waals surface area contributed by atoms with Gasteiger partial charge in [0.15, 0.2) is 0 Å². The first-order chi connectivity index (χ1) is 8.06. The highest BCUT2D eigenvalue weighted by atomic mass is 16.1. The molecule has 0 saturated heterocycles. The number of carbonyl (C=O) groups excluding carboxylic acids is 1. The van der Waals surface area contributed by atoms with Crippen molar-refractivity contribution in [1.82, 2.24) is 5.32 Å². The van der Waals surface area contributed by atoms with Crippen molar-refractivity contribution in [2.75, 3.05) is 0 Å². The van der Waals surface area contributed by atoms with Gasteiger partial charge in [-0.1, -0.05) is 45.9 Å². The van der Waals surface area contributed by atoms with Gasteiger partial charge < -0.3 is 5.32 Å². The third-order valence-electron chi connectivity index (χ3n) is 3.48. The molecule has 1 amide bonds. The average molecular weight is 233 g/mol. The van der Waals surface area contributed by atoms with Crippen LogP contribution in [-0.4, -0.2) is 11.9 Å². The molecule has 0 fully saturated rings. The predicted molar refractivity (Wildman–Crippen MR) is 72.0 cm³/mol. The van der Waals surface area contributed by atoms with Gasteiger partial charge in [0, 0.05) is 11.6 Å². The van der Waals surface area contributed by atoms with E-state index in [0.29, 0.717) is 11.8 Å². The van der Waals surface area contributed by atoms with E-state index in [1.807, 2.05) is 30.3 Å². The fourth-order valence-electron chi connectivity index (χ4n) is 1.91. The molecule has 2 atom stereocenters. The van der Waals surface area contributed by atoms with Crippen LogP contribution >= 0.6 is 0 Å². The molecule has 0 saturated carbocycles. The first-order valence-electron chi connectivity index (χ1n) is 6.42. The van der Waals surface area contributed by atoms with Gasteiger partial charge in [-0.3, -0.25) is 4.79 Å². The maximum Gasteiger partial charge on any atom is 0.251 e. The Morgan fingerprint density at radius 3 is 2.24 bits per heavy atom. The number of hydrogen-bond acceptors (Lipinski definition) is 1. The van der Waals surface area contributed by atoms with Gasteiger partial charge in [-0.15, -0.1) is 0 Å². The maximum atomic E-state index is 12.0. The van der Waals surface area contributed by atoms with Gasteiger partial charge >= 0.3 is 0 Å². The molecule has 17 heavy (non-hydrogen) atoms. The number of amides is 1. The number of nitrogens with one attached hydrogen (secondary N) is 1. The van der Waals surface area contributed by atoms with Gasteiger partial charge in [-0.05, 0) is 30.4 Å². The monoisotopic (exact) mass is 233 g/mol. The fraction of sp³-hybridized carbons (Fsp3) is 0.533. The molecular weight excluding hydrogens is 210 g/mol. The molecule has 1 aromatic rings. The molecule has 0 aromatic heterocycles. The molecule has 0 aliphatic carbocycles. The molecule has 2 heteroatoms. The molecule has 0 radical (unpaired) electrons. The van der Waals surface area contributed by atoms with E-state index >= 15 is 0 Å². The number of carbonyl (C=O) groups is 1. The van der Waals surface area contributed by atoms with Crippen LogP contribution in [0.4, 0.5) is 0 Å². The second-order valence-electron chi connectivity index (χ2n) is 4.96. The molecule has 1 N–H and O–H groups in total. The largest absolute Gasteiger partial charge is 0.349 e. The Morgan fingerprint density at radius 1 is 1.18 bits per heavy atom. The standard InChI is InChI=1S/C15H23NO/c1-5-14(12(4)11(2)3)16-15(17)13-9-7-6-8-10-13/h6-12,14H,5H2,1-4H3,(H,16,17). The predicted octanol–water partition coefficient (Wildman–Crippen LogP) is 3.49. The topological polar surface area (TPSA) is 29.1 Å². The van der Waals surface area contributed by atoms with E-state index in [-0.39, 0.29) is 11.9 Å². The number of hydrogen-bond donors (Lipinski definition) is 1. The lowest BCUT2D eigenvalue weighted by atomic mass is 9.88. The van der Waals surface area contributed by atoms with Crippen LogP contribution < -0.4 is 5.32 Å². The van der Waals surface area contributed by atoms with Crippen molar-refractivity contribution in [3.63, 3.8) is 0 Å². The highest BCUT2D eigenvalue weighted by Crippen LogP contribution is 2.17. The molecule has 0 heterocycles. The van der Waals surface area contributed by atoms with Crippen molar-refractivity contribution < 1.29 is 4.79 Å². The highest BCUT2D eigenvalue weighted by Gasteiger charge is 2.20. The van der Waals surface area contributed by atoms with Crippen molar-refractivity contribution in [3.05, 3.63) is 35.9 Å². The van der Waals surface area contributed by atoms with Gasteiger partial charge in [0.1, 0.15) is 0 Å². The zero-order chi connectivity index (χ0) is 12.8. The summed E-state index contributed by atoms with van der Waals surface area (Å²) in [6.07, 6.45) is 0.970. The number of benzene rings is 1. The summed E-state index contributed by atoms with van der Waals surface area (Å²) in [7, 11) is 0. The van der Waals surface area contributed by atoms with E-state index in [1.54, 1.807) is 0 Å². The summed E-state index contributed by atoms with van der Waals surface area (Å²) < 4.78 is 0. The van der Waals surface area contributed by atoms with Gasteiger partial charge in [0.25, 0.3) is 5.91 Å². The van der Waals surface area contributed by atoms with Gasteiger partial charge in [0.2, 0.25) is 0 Å². The van der Waals surface area contributed by atoms with Crippen molar-refractivity contribution in [1.29, 1.82) is 0 Å². The Hall–Kier alpha value is -1.31. The van der Waals surface area contributed by atoms with Crippen LogP contribution in [0, 0.1) is 11.8 Å². The summed E-state index contributed by atoms with van der Waals surface area (Å²) in [4.78, 5) is 12.0. The summed E-state index contributed by atoms with van der Waals surface area (Å²) >= 11 is 0. The normalized spacial score (nSPS) is 14.4. The van der Waals surface area contributed by atoms with E-state index in [9.17, 15) is 4.79 Å². The first kappa shape index (κ1) is 13.8. The SMILES string of the molecule is CCC(NC(=O)c1ccccc1)C(C)C(C)C. The Morgan fingerprint density at radius 2 is 1.76 bits per heavy atom. The molecule has 0 spiro atoms. The Bertz CT molecular complexity index is 345. The van der Waals surface area contributed by atoms with Gasteiger partial charge in [-0.2, -0.15) is 0 Å². The molecule has 2 unspecified atom stereocenters. The van der Waals surface area contributed by atoms with Crippen LogP contribution in [0.5, 0.6) is 0 Å². The number of rotatable bonds is 5. The van der Waals surface area contributed by atoms with Crippen LogP contribution in [0.3, 0.4) is 0 Å². The highest BCUT2D eigenvalue weighted by molar-refractivity contribution is 5.94. The smallest absolute Gasteiger partial charge is 0.251 e. The summed E-state index contributed by atoms with van der Waals surface area (Å²) in [5, 5.41) is 3.13. The quantitative estimate of drug-likeness (QED) is 0.828. The molecule has 1 rings (SSSR count). The Kier molecular flexibility index (Phi) is 5.20. The minimum atomic E-state index is 0.0324. The molecule has 0 aliphatic rings. The minimum Gasteiger partial charge on any atom is -0.349 e. The maximum absolute atomic E-state index is 12.0. The van der Waals surface area contributed by atoms with Crippen LogP contribution in [0.1, 0.15) is 44.5 Å². The lowest BCUT2D eigenvalue weighted by Crippen LogP contribution is -2.40. The second kappa shape index (κ2) is 6.43.